The molecule has 1 N–H and O–H groups in total. The van der Waals surface area contributed by atoms with Crippen molar-refractivity contribution < 1.29 is 22.4 Å². The van der Waals surface area contributed by atoms with Crippen molar-refractivity contribution in [1.82, 2.24) is 9.62 Å². The van der Waals surface area contributed by atoms with Crippen LogP contribution in [-0.4, -0.2) is 51.8 Å². The molecule has 118 valence electrons. The van der Waals surface area contributed by atoms with Gasteiger partial charge in [0.2, 0.25) is 10.0 Å². The van der Waals surface area contributed by atoms with Crippen LogP contribution in [0.2, 0.25) is 0 Å². The lowest BCUT2D eigenvalue weighted by atomic mass is 10.2. The number of hydrogen-bond donors (Lipinski definition) is 1. The second-order valence-corrected chi connectivity index (χ2v) is 6.97. The smallest absolute Gasteiger partial charge is 0.341 e. The molecule has 0 spiro atoms. The van der Waals surface area contributed by atoms with E-state index in [4.69, 9.17) is 9.15 Å². The molecule has 8 heteroatoms. The summed E-state index contributed by atoms with van der Waals surface area (Å²) in [7, 11) is -0.530. The Hall–Kier alpha value is -1.38. The van der Waals surface area contributed by atoms with Crippen molar-refractivity contribution in [1.29, 1.82) is 0 Å². The Balaban J connectivity index is 2.08. The van der Waals surface area contributed by atoms with E-state index in [0.29, 0.717) is 17.9 Å². The van der Waals surface area contributed by atoms with Crippen LogP contribution in [0.5, 0.6) is 0 Å². The topological polar surface area (TPSA) is 88.9 Å². The molecule has 0 saturated carbocycles. The van der Waals surface area contributed by atoms with Crippen molar-refractivity contribution >= 4 is 16.0 Å². The van der Waals surface area contributed by atoms with E-state index in [9.17, 15) is 13.2 Å². The number of esters is 1. The highest BCUT2D eigenvalue weighted by Crippen LogP contribution is 2.23. The van der Waals surface area contributed by atoms with Gasteiger partial charge >= 0.3 is 5.97 Å². The quantitative estimate of drug-likeness (QED) is 0.772. The van der Waals surface area contributed by atoms with Gasteiger partial charge in [-0.1, -0.05) is 0 Å². The van der Waals surface area contributed by atoms with Crippen LogP contribution in [0.3, 0.4) is 0 Å². The zero-order valence-electron chi connectivity index (χ0n) is 12.2. The lowest BCUT2D eigenvalue weighted by Gasteiger charge is -2.23. The summed E-state index contributed by atoms with van der Waals surface area (Å²) in [6, 6.07) is 1.49. The minimum atomic E-state index is -3.26. The highest BCUT2D eigenvalue weighted by atomic mass is 32.2. The third-order valence-corrected chi connectivity index (χ3v) is 5.16. The van der Waals surface area contributed by atoms with E-state index in [1.807, 2.05) is 4.90 Å². The summed E-state index contributed by atoms with van der Waals surface area (Å²) < 4.78 is 35.8. The van der Waals surface area contributed by atoms with E-state index in [-0.39, 0.29) is 11.8 Å². The SMILES string of the molecule is CNS(=O)(=O)C[C@@H]1CCCN1Cc1occc1C(=O)OC. The molecular weight excluding hydrogens is 296 g/mol. The Morgan fingerprint density at radius 3 is 3.00 bits per heavy atom. The number of ether oxygens (including phenoxy) is 1. The van der Waals surface area contributed by atoms with Gasteiger partial charge in [-0.05, 0) is 32.5 Å². The average Bonchev–Trinajstić information content (AvgIpc) is 3.08. The first kappa shape index (κ1) is 16.0. The molecule has 0 aromatic carbocycles. The van der Waals surface area contributed by atoms with Crippen LogP contribution in [-0.2, 0) is 21.3 Å². The molecule has 2 heterocycles. The molecule has 0 aliphatic carbocycles. The summed E-state index contributed by atoms with van der Waals surface area (Å²) in [6.45, 7) is 1.19. The highest BCUT2D eigenvalue weighted by Gasteiger charge is 2.30. The van der Waals surface area contributed by atoms with E-state index < -0.39 is 16.0 Å². The van der Waals surface area contributed by atoms with Crippen molar-refractivity contribution in [3.05, 3.63) is 23.7 Å². The number of furan rings is 1. The second kappa shape index (κ2) is 6.59. The molecule has 21 heavy (non-hydrogen) atoms. The van der Waals surface area contributed by atoms with E-state index in [1.165, 1.54) is 20.4 Å². The van der Waals surface area contributed by atoms with Crippen LogP contribution >= 0.6 is 0 Å². The predicted molar refractivity (Wildman–Crippen MR) is 76.3 cm³/mol. The standard InChI is InChI=1S/C13H20N2O5S/c1-14-21(17,18)9-10-4-3-6-15(10)8-12-11(5-7-20-12)13(16)19-2/h5,7,10,14H,3-4,6,8-9H2,1-2H3/t10-/m0/s1. The van der Waals surface area contributed by atoms with Crippen molar-refractivity contribution in [3.8, 4) is 0 Å². The van der Waals surface area contributed by atoms with Gasteiger partial charge in [0, 0.05) is 6.04 Å². The van der Waals surface area contributed by atoms with E-state index in [0.717, 1.165) is 19.4 Å². The van der Waals surface area contributed by atoms with Crippen LogP contribution < -0.4 is 4.72 Å². The number of sulfonamides is 1. The number of nitrogens with zero attached hydrogens (tertiary/aromatic N) is 1. The van der Waals surface area contributed by atoms with Crippen molar-refractivity contribution in [2.75, 3.05) is 26.5 Å². The fourth-order valence-corrected chi connectivity index (χ4v) is 3.62. The van der Waals surface area contributed by atoms with Crippen molar-refractivity contribution in [3.63, 3.8) is 0 Å². The van der Waals surface area contributed by atoms with Gasteiger partial charge in [-0.25, -0.2) is 17.9 Å². The Kier molecular flexibility index (Phi) is 5.02. The zero-order valence-corrected chi connectivity index (χ0v) is 13.0. The number of carbonyl (C=O) groups excluding carboxylic acids is 1. The Bertz CT molecular complexity index is 595. The maximum Gasteiger partial charge on any atom is 0.341 e. The summed E-state index contributed by atoms with van der Waals surface area (Å²) >= 11 is 0. The van der Waals surface area contributed by atoms with Gasteiger partial charge in [-0.2, -0.15) is 0 Å². The molecule has 0 radical (unpaired) electrons. The van der Waals surface area contributed by atoms with Crippen LogP contribution in [0.15, 0.2) is 16.7 Å². The molecule has 1 aliphatic heterocycles. The number of carbonyl (C=O) groups is 1. The van der Waals surface area contributed by atoms with Crippen LogP contribution in [0.4, 0.5) is 0 Å². The first-order valence-corrected chi connectivity index (χ1v) is 8.42. The van der Waals surface area contributed by atoms with Crippen molar-refractivity contribution in [2.45, 2.75) is 25.4 Å². The summed E-state index contributed by atoms with van der Waals surface area (Å²) in [6.07, 6.45) is 3.18. The van der Waals surface area contributed by atoms with Gasteiger partial charge in [0.15, 0.2) is 0 Å². The molecule has 1 saturated heterocycles. The minimum absolute atomic E-state index is 0.0533. The summed E-state index contributed by atoms with van der Waals surface area (Å²) in [5, 5.41) is 0. The first-order chi connectivity index (χ1) is 9.96. The Morgan fingerprint density at radius 1 is 1.57 bits per heavy atom. The second-order valence-electron chi connectivity index (χ2n) is 5.00. The van der Waals surface area contributed by atoms with E-state index in [1.54, 1.807) is 6.07 Å². The fraction of sp³-hybridized carbons (Fsp3) is 0.615. The maximum atomic E-state index is 11.7. The zero-order chi connectivity index (χ0) is 15.5. The molecule has 1 atom stereocenters. The molecule has 1 aromatic heterocycles. The van der Waals surface area contributed by atoms with Gasteiger partial charge in [-0.3, -0.25) is 4.90 Å². The van der Waals surface area contributed by atoms with Gasteiger partial charge < -0.3 is 9.15 Å². The van der Waals surface area contributed by atoms with Gasteiger partial charge in [0.1, 0.15) is 11.3 Å². The molecule has 1 aromatic rings. The lowest BCUT2D eigenvalue weighted by Crippen LogP contribution is -2.38. The summed E-state index contributed by atoms with van der Waals surface area (Å²) in [4.78, 5) is 13.6. The number of nitrogens with one attached hydrogen (secondary N) is 1. The Morgan fingerprint density at radius 2 is 2.33 bits per heavy atom. The van der Waals surface area contributed by atoms with Crippen LogP contribution in [0.25, 0.3) is 0 Å². The largest absolute Gasteiger partial charge is 0.467 e. The van der Waals surface area contributed by atoms with Crippen LogP contribution in [0, 0.1) is 0 Å². The summed E-state index contributed by atoms with van der Waals surface area (Å²) in [5.41, 5.74) is 0.389. The molecule has 1 fully saturated rings. The number of likely N-dealkylation sites (tertiary alicyclic amines) is 1. The van der Waals surface area contributed by atoms with Crippen LogP contribution in [0.1, 0.15) is 29.0 Å². The third kappa shape index (κ3) is 3.84. The Labute approximate surface area is 124 Å². The normalized spacial score (nSPS) is 19.8. The fourth-order valence-electron chi connectivity index (χ4n) is 2.57. The number of methoxy groups -OCH3 is 1. The van der Waals surface area contributed by atoms with Gasteiger partial charge in [0.05, 0.1) is 25.7 Å². The monoisotopic (exact) mass is 316 g/mol. The molecule has 7 nitrogen and oxygen atoms in total. The first-order valence-electron chi connectivity index (χ1n) is 6.77. The maximum absolute atomic E-state index is 11.7. The summed E-state index contributed by atoms with van der Waals surface area (Å²) in [5.74, 6) is 0.116. The molecule has 0 bridgehead atoms. The minimum Gasteiger partial charge on any atom is -0.467 e. The van der Waals surface area contributed by atoms with Gasteiger partial charge in [0.25, 0.3) is 0 Å². The van der Waals surface area contributed by atoms with Gasteiger partial charge in [-0.15, -0.1) is 0 Å². The molecule has 0 unspecified atom stereocenters. The molecule has 2 rings (SSSR count). The van der Waals surface area contributed by atoms with E-state index in [2.05, 4.69) is 4.72 Å². The number of rotatable bonds is 6. The predicted octanol–water partition coefficient (Wildman–Crippen LogP) is 0.580. The lowest BCUT2D eigenvalue weighted by molar-refractivity contribution is 0.0596. The molecule has 0 amide bonds. The third-order valence-electron chi connectivity index (χ3n) is 3.72. The average molecular weight is 316 g/mol. The molecular formula is C13H20N2O5S. The highest BCUT2D eigenvalue weighted by molar-refractivity contribution is 7.89. The van der Waals surface area contributed by atoms with E-state index >= 15 is 0 Å². The molecule has 1 aliphatic rings. The van der Waals surface area contributed by atoms with Crippen molar-refractivity contribution in [2.24, 2.45) is 0 Å². The number of hydrogen-bond acceptors (Lipinski definition) is 6.